The SMILES string of the molecule is COc1nc(NCC2Cc3ccccc32)ccc1N. The van der Waals surface area contributed by atoms with Gasteiger partial charge in [0.2, 0.25) is 5.88 Å². The van der Waals surface area contributed by atoms with Crippen molar-refractivity contribution in [2.24, 2.45) is 0 Å². The van der Waals surface area contributed by atoms with Gasteiger partial charge in [-0.2, -0.15) is 4.98 Å². The van der Waals surface area contributed by atoms with Gasteiger partial charge >= 0.3 is 0 Å². The number of nitrogen functional groups attached to an aromatic ring is 1. The summed E-state index contributed by atoms with van der Waals surface area (Å²) in [5, 5.41) is 3.34. The number of fused-ring (bicyclic) bond motifs is 1. The molecule has 98 valence electrons. The van der Waals surface area contributed by atoms with Crippen molar-refractivity contribution in [1.82, 2.24) is 4.98 Å². The lowest BCUT2D eigenvalue weighted by Crippen LogP contribution is -2.24. The molecule has 4 heteroatoms. The van der Waals surface area contributed by atoms with Crippen molar-refractivity contribution in [3.63, 3.8) is 0 Å². The molecular formula is C15H17N3O. The van der Waals surface area contributed by atoms with Crippen LogP contribution in [0.3, 0.4) is 0 Å². The molecule has 2 aromatic rings. The van der Waals surface area contributed by atoms with Crippen LogP contribution >= 0.6 is 0 Å². The van der Waals surface area contributed by atoms with E-state index in [0.29, 0.717) is 17.5 Å². The highest BCUT2D eigenvalue weighted by Crippen LogP contribution is 2.34. The lowest BCUT2D eigenvalue weighted by Gasteiger charge is -2.30. The van der Waals surface area contributed by atoms with Crippen LogP contribution in [0.2, 0.25) is 0 Å². The topological polar surface area (TPSA) is 60.2 Å². The molecule has 0 amide bonds. The van der Waals surface area contributed by atoms with E-state index < -0.39 is 0 Å². The molecule has 1 aromatic heterocycles. The van der Waals surface area contributed by atoms with E-state index in [9.17, 15) is 0 Å². The molecule has 1 aliphatic carbocycles. The molecule has 4 nitrogen and oxygen atoms in total. The van der Waals surface area contributed by atoms with Crippen molar-refractivity contribution in [3.05, 3.63) is 47.5 Å². The molecule has 0 bridgehead atoms. The standard InChI is InChI=1S/C15H17N3O/c1-19-15-13(16)6-7-14(18-15)17-9-11-8-10-4-2-3-5-12(10)11/h2-7,11H,8-9,16H2,1H3,(H,17,18). The normalized spacial score (nSPS) is 16.4. The Labute approximate surface area is 112 Å². The third-order valence-electron chi connectivity index (χ3n) is 3.57. The molecule has 3 rings (SSSR count). The summed E-state index contributed by atoms with van der Waals surface area (Å²) in [6.45, 7) is 0.886. The summed E-state index contributed by atoms with van der Waals surface area (Å²) in [7, 11) is 1.57. The summed E-state index contributed by atoms with van der Waals surface area (Å²) in [5.41, 5.74) is 9.20. The van der Waals surface area contributed by atoms with E-state index >= 15 is 0 Å². The number of rotatable bonds is 4. The number of methoxy groups -OCH3 is 1. The van der Waals surface area contributed by atoms with Crippen LogP contribution in [0, 0.1) is 0 Å². The first kappa shape index (κ1) is 11.8. The van der Waals surface area contributed by atoms with Crippen LogP contribution in [0.1, 0.15) is 17.0 Å². The smallest absolute Gasteiger partial charge is 0.238 e. The molecule has 1 unspecified atom stereocenters. The third-order valence-corrected chi connectivity index (χ3v) is 3.57. The fraction of sp³-hybridized carbons (Fsp3) is 0.267. The van der Waals surface area contributed by atoms with Gasteiger partial charge in [0, 0.05) is 12.5 Å². The Morgan fingerprint density at radius 2 is 2.16 bits per heavy atom. The molecule has 0 spiro atoms. The molecule has 0 radical (unpaired) electrons. The van der Waals surface area contributed by atoms with Crippen molar-refractivity contribution in [2.45, 2.75) is 12.3 Å². The molecule has 1 aromatic carbocycles. The maximum absolute atomic E-state index is 5.74. The number of pyridine rings is 1. The van der Waals surface area contributed by atoms with Crippen molar-refractivity contribution < 1.29 is 4.74 Å². The minimum atomic E-state index is 0.471. The third kappa shape index (κ3) is 2.21. The number of anilines is 2. The summed E-state index contributed by atoms with van der Waals surface area (Å²) in [4.78, 5) is 4.32. The van der Waals surface area contributed by atoms with Crippen molar-refractivity contribution >= 4 is 11.5 Å². The molecule has 0 saturated heterocycles. The fourth-order valence-corrected chi connectivity index (χ4v) is 2.49. The van der Waals surface area contributed by atoms with E-state index in [4.69, 9.17) is 10.5 Å². The van der Waals surface area contributed by atoms with Crippen LogP contribution in [0.4, 0.5) is 11.5 Å². The van der Waals surface area contributed by atoms with Crippen molar-refractivity contribution in [2.75, 3.05) is 24.7 Å². The van der Waals surface area contributed by atoms with Gasteiger partial charge in [-0.05, 0) is 29.7 Å². The van der Waals surface area contributed by atoms with E-state index in [2.05, 4.69) is 34.6 Å². The van der Waals surface area contributed by atoms with Gasteiger partial charge in [-0.3, -0.25) is 0 Å². The van der Waals surface area contributed by atoms with E-state index in [1.54, 1.807) is 7.11 Å². The highest BCUT2D eigenvalue weighted by Gasteiger charge is 2.24. The van der Waals surface area contributed by atoms with Gasteiger partial charge in [0.1, 0.15) is 5.82 Å². The number of nitrogens with zero attached hydrogens (tertiary/aromatic N) is 1. The maximum Gasteiger partial charge on any atom is 0.238 e. The van der Waals surface area contributed by atoms with Crippen LogP contribution in [-0.2, 0) is 6.42 Å². The number of ether oxygens (including phenoxy) is 1. The zero-order valence-corrected chi connectivity index (χ0v) is 10.9. The van der Waals surface area contributed by atoms with Gasteiger partial charge in [-0.1, -0.05) is 24.3 Å². The van der Waals surface area contributed by atoms with Gasteiger partial charge in [0.15, 0.2) is 0 Å². The highest BCUT2D eigenvalue weighted by atomic mass is 16.5. The number of hydrogen-bond donors (Lipinski definition) is 2. The molecule has 0 aliphatic heterocycles. The number of nitrogens with two attached hydrogens (primary N) is 1. The Kier molecular flexibility index (Phi) is 2.99. The minimum Gasteiger partial charge on any atom is -0.479 e. The second-order valence-corrected chi connectivity index (χ2v) is 4.78. The number of nitrogens with one attached hydrogen (secondary N) is 1. The molecule has 0 saturated carbocycles. The summed E-state index contributed by atoms with van der Waals surface area (Å²) >= 11 is 0. The predicted molar refractivity (Wildman–Crippen MR) is 76.6 cm³/mol. The van der Waals surface area contributed by atoms with Crippen molar-refractivity contribution in [1.29, 1.82) is 0 Å². The summed E-state index contributed by atoms with van der Waals surface area (Å²) in [6.07, 6.45) is 1.13. The van der Waals surface area contributed by atoms with Crippen LogP contribution in [0.25, 0.3) is 0 Å². The van der Waals surface area contributed by atoms with Gasteiger partial charge in [0.25, 0.3) is 0 Å². The fourth-order valence-electron chi connectivity index (χ4n) is 2.49. The van der Waals surface area contributed by atoms with Crippen LogP contribution < -0.4 is 15.8 Å². The molecular weight excluding hydrogens is 238 g/mol. The first-order valence-corrected chi connectivity index (χ1v) is 6.40. The van der Waals surface area contributed by atoms with E-state index in [1.807, 2.05) is 12.1 Å². The first-order chi connectivity index (χ1) is 9.28. The van der Waals surface area contributed by atoms with Crippen LogP contribution in [0.15, 0.2) is 36.4 Å². The molecule has 1 heterocycles. The zero-order valence-electron chi connectivity index (χ0n) is 10.9. The Balaban J connectivity index is 1.65. The number of aromatic nitrogens is 1. The van der Waals surface area contributed by atoms with E-state index in [-0.39, 0.29) is 0 Å². The summed E-state index contributed by atoms with van der Waals surface area (Å²) < 4.78 is 5.11. The monoisotopic (exact) mass is 255 g/mol. The second kappa shape index (κ2) is 4.80. The quantitative estimate of drug-likeness (QED) is 0.881. The first-order valence-electron chi connectivity index (χ1n) is 6.40. The van der Waals surface area contributed by atoms with E-state index in [1.165, 1.54) is 11.1 Å². The van der Waals surface area contributed by atoms with E-state index in [0.717, 1.165) is 18.8 Å². The Bertz CT molecular complexity index is 598. The molecule has 1 aliphatic rings. The van der Waals surface area contributed by atoms with Gasteiger partial charge in [0.05, 0.1) is 12.8 Å². The van der Waals surface area contributed by atoms with Crippen molar-refractivity contribution in [3.8, 4) is 5.88 Å². The van der Waals surface area contributed by atoms with Gasteiger partial charge in [-0.15, -0.1) is 0 Å². The average molecular weight is 255 g/mol. The Hall–Kier alpha value is -2.23. The molecule has 1 atom stereocenters. The number of hydrogen-bond acceptors (Lipinski definition) is 4. The average Bonchev–Trinajstić information content (AvgIpc) is 2.41. The molecule has 0 fully saturated rings. The predicted octanol–water partition coefficient (Wildman–Crippen LogP) is 2.42. The van der Waals surface area contributed by atoms with Crippen LogP contribution in [-0.4, -0.2) is 18.6 Å². The summed E-state index contributed by atoms with van der Waals surface area (Å²) in [6, 6.07) is 12.3. The maximum atomic E-state index is 5.74. The largest absolute Gasteiger partial charge is 0.479 e. The van der Waals surface area contributed by atoms with Gasteiger partial charge in [-0.25, -0.2) is 0 Å². The Morgan fingerprint density at radius 3 is 2.95 bits per heavy atom. The molecule has 19 heavy (non-hydrogen) atoms. The van der Waals surface area contributed by atoms with Crippen LogP contribution in [0.5, 0.6) is 5.88 Å². The second-order valence-electron chi connectivity index (χ2n) is 4.78. The lowest BCUT2D eigenvalue weighted by atomic mass is 9.77. The van der Waals surface area contributed by atoms with Gasteiger partial charge < -0.3 is 15.8 Å². The lowest BCUT2D eigenvalue weighted by molar-refractivity contribution is 0.401. The highest BCUT2D eigenvalue weighted by molar-refractivity contribution is 5.54. The zero-order chi connectivity index (χ0) is 13.2. The Morgan fingerprint density at radius 1 is 1.32 bits per heavy atom. The number of benzene rings is 1. The minimum absolute atomic E-state index is 0.471. The summed E-state index contributed by atoms with van der Waals surface area (Å²) in [5.74, 6) is 1.84. The molecule has 3 N–H and O–H groups in total.